The van der Waals surface area contributed by atoms with Gasteiger partial charge in [-0.3, -0.25) is 10.1 Å². The Morgan fingerprint density at radius 1 is 0.771 bits per heavy atom. The Bertz CT molecular complexity index is 1570. The molecule has 0 saturated heterocycles. The molecule has 4 N–H and O–H groups in total. The Morgan fingerprint density at radius 3 is 1.58 bits per heavy atom. The maximum absolute atomic E-state index is 10.7. The van der Waals surface area contributed by atoms with Crippen LogP contribution in [0, 0.1) is 10.1 Å². The summed E-state index contributed by atoms with van der Waals surface area (Å²) in [5, 5.41) is 30.8. The van der Waals surface area contributed by atoms with Crippen LogP contribution in [0.5, 0.6) is 0 Å². The molecule has 2 aromatic heterocycles. The first-order chi connectivity index (χ1) is 22.7. The minimum atomic E-state index is -1.16. The zero-order valence-corrected chi connectivity index (χ0v) is 31.1. The highest BCUT2D eigenvalue weighted by molar-refractivity contribution is 6.76. The molecule has 0 bridgehead atoms. The predicted molar refractivity (Wildman–Crippen MR) is 194 cm³/mol. The van der Waals surface area contributed by atoms with E-state index in [1.54, 1.807) is 30.9 Å². The summed E-state index contributed by atoms with van der Waals surface area (Å²) in [7, 11) is -2.17. The highest BCUT2D eigenvalue weighted by atomic mass is 28.3. The fourth-order valence-electron chi connectivity index (χ4n) is 4.64. The lowest BCUT2D eigenvalue weighted by Gasteiger charge is -2.15. The van der Waals surface area contributed by atoms with Gasteiger partial charge in [-0.1, -0.05) is 87.8 Å². The summed E-state index contributed by atoms with van der Waals surface area (Å²) in [6.45, 7) is 16.0. The molecule has 4 aromatic rings. The van der Waals surface area contributed by atoms with Crippen molar-refractivity contribution in [2.24, 2.45) is 5.73 Å². The maximum atomic E-state index is 10.7. The van der Waals surface area contributed by atoms with Gasteiger partial charge in [0, 0.05) is 64.4 Å². The van der Waals surface area contributed by atoms with Crippen LogP contribution in [0.15, 0.2) is 73.6 Å². The van der Waals surface area contributed by atoms with E-state index in [0.717, 1.165) is 42.1 Å². The van der Waals surface area contributed by atoms with Gasteiger partial charge in [-0.15, -0.1) is 0 Å². The van der Waals surface area contributed by atoms with Crippen molar-refractivity contribution in [3.63, 3.8) is 0 Å². The number of hydrogen-bond donors (Lipinski definition) is 3. The molecule has 0 spiro atoms. The van der Waals surface area contributed by atoms with Crippen molar-refractivity contribution >= 4 is 16.1 Å². The van der Waals surface area contributed by atoms with E-state index in [-0.39, 0.29) is 6.54 Å². The maximum Gasteiger partial charge on any atom is 0.233 e. The van der Waals surface area contributed by atoms with Crippen LogP contribution in [0.25, 0.3) is 22.5 Å². The Kier molecular flexibility index (Phi) is 14.9. The molecule has 0 aliphatic carbocycles. The largest absolute Gasteiger partial charge is 0.387 e. The molecular formula is C34H52N6O6Si2. The normalized spacial score (nSPS) is 13.1. The lowest BCUT2D eigenvalue weighted by atomic mass is 10.0. The number of rotatable bonds is 17. The van der Waals surface area contributed by atoms with Crippen LogP contribution >= 0.6 is 0 Å². The summed E-state index contributed by atoms with van der Waals surface area (Å²) in [5.74, 6) is 0. The van der Waals surface area contributed by atoms with Gasteiger partial charge in [0.15, 0.2) is 0 Å². The van der Waals surface area contributed by atoms with Crippen LogP contribution in [0.3, 0.4) is 0 Å². The van der Waals surface area contributed by atoms with Crippen molar-refractivity contribution in [1.82, 2.24) is 19.1 Å². The lowest BCUT2D eigenvalue weighted by Crippen LogP contribution is -2.21. The molecule has 0 amide bonds. The monoisotopic (exact) mass is 696 g/mol. The average Bonchev–Trinajstić information content (AvgIpc) is 3.70. The first kappa shape index (κ1) is 38.9. The molecule has 2 unspecified atom stereocenters. The summed E-state index contributed by atoms with van der Waals surface area (Å²) in [6.07, 6.45) is 5.35. The number of nitro groups is 1. The van der Waals surface area contributed by atoms with E-state index in [1.165, 1.54) is 0 Å². The number of benzene rings is 2. The molecule has 0 aliphatic heterocycles. The Balaban J connectivity index is 0.000000261. The van der Waals surface area contributed by atoms with Gasteiger partial charge in [-0.25, -0.2) is 9.97 Å². The molecule has 4 rings (SSSR count). The zero-order chi connectivity index (χ0) is 35.3. The predicted octanol–water partition coefficient (Wildman–Crippen LogP) is 6.03. The van der Waals surface area contributed by atoms with E-state index >= 15 is 0 Å². The number of ether oxygens (including phenoxy) is 2. The van der Waals surface area contributed by atoms with Gasteiger partial charge in [0.05, 0.1) is 30.1 Å². The van der Waals surface area contributed by atoms with E-state index < -0.39 is 39.8 Å². The second-order valence-electron chi connectivity index (χ2n) is 14.2. The quantitative estimate of drug-likeness (QED) is 0.0518. The molecule has 2 atom stereocenters. The van der Waals surface area contributed by atoms with Gasteiger partial charge >= 0.3 is 0 Å². The summed E-state index contributed by atoms with van der Waals surface area (Å²) in [6, 6.07) is 17.0. The van der Waals surface area contributed by atoms with Crippen LogP contribution < -0.4 is 5.73 Å². The van der Waals surface area contributed by atoms with Crippen LogP contribution in [-0.4, -0.2) is 76.7 Å². The summed E-state index contributed by atoms with van der Waals surface area (Å²) >= 11 is 0. The zero-order valence-electron chi connectivity index (χ0n) is 29.1. The number of imidazole rings is 2. The van der Waals surface area contributed by atoms with Crippen molar-refractivity contribution in [3.05, 3.63) is 94.8 Å². The topological polar surface area (TPSA) is 164 Å². The molecule has 2 aromatic carbocycles. The van der Waals surface area contributed by atoms with Gasteiger partial charge < -0.3 is 34.6 Å². The van der Waals surface area contributed by atoms with Gasteiger partial charge in [-0.05, 0) is 23.2 Å². The number of nitrogens with zero attached hydrogens (tertiary/aromatic N) is 5. The standard InChI is InChI=1S/C17H25N3O4Si.C17H27N3O2Si/c1-25(2,3)9-8-24-13-19-10-16(18-12-19)14-6-4-5-7-15(14)17(21)11-20(22)23;1-23(2,3)9-8-22-13-20-11-16(19-12-20)14-6-4-5-7-15(14)17(21)10-18/h4-7,10,12,17,21H,8-9,11,13H2,1-3H3;4-7,11-12,17,21H,8-10,13,18H2,1-3H3. The van der Waals surface area contributed by atoms with Crippen LogP contribution in [0.2, 0.25) is 51.4 Å². The van der Waals surface area contributed by atoms with E-state index in [1.807, 2.05) is 51.9 Å². The molecule has 48 heavy (non-hydrogen) atoms. The minimum absolute atomic E-state index is 0.192. The molecule has 2 heterocycles. The first-order valence-electron chi connectivity index (χ1n) is 16.2. The fraction of sp³-hybridized carbons (Fsp3) is 0.471. The van der Waals surface area contributed by atoms with Crippen molar-refractivity contribution < 1.29 is 24.6 Å². The van der Waals surface area contributed by atoms with Crippen LogP contribution in [-0.2, 0) is 22.9 Å². The van der Waals surface area contributed by atoms with E-state index in [2.05, 4.69) is 49.3 Å². The van der Waals surface area contributed by atoms with Gasteiger partial charge in [-0.2, -0.15) is 0 Å². The average molecular weight is 697 g/mol. The van der Waals surface area contributed by atoms with Crippen molar-refractivity contribution in [3.8, 4) is 22.5 Å². The number of aliphatic hydroxyl groups excluding tert-OH is 2. The second kappa shape index (κ2) is 18.3. The van der Waals surface area contributed by atoms with Crippen molar-refractivity contribution in [2.75, 3.05) is 26.3 Å². The molecule has 262 valence electrons. The highest BCUT2D eigenvalue weighted by Crippen LogP contribution is 2.28. The minimum Gasteiger partial charge on any atom is -0.387 e. The SMILES string of the molecule is C[Si](C)(C)CCOCn1cnc(-c2ccccc2C(O)CN)c1.C[Si](C)(C)CCOCn1cnc(-c2ccccc2C(O)C[N+](=O)[O-])c1. The van der Waals surface area contributed by atoms with Gasteiger partial charge in [0.1, 0.15) is 19.6 Å². The third-order valence-corrected chi connectivity index (χ3v) is 10.9. The van der Waals surface area contributed by atoms with E-state index in [9.17, 15) is 20.3 Å². The third kappa shape index (κ3) is 13.2. The molecular weight excluding hydrogens is 645 g/mol. The van der Waals surface area contributed by atoms with Crippen LogP contribution in [0.1, 0.15) is 23.3 Å². The van der Waals surface area contributed by atoms with E-state index in [0.29, 0.717) is 30.3 Å². The van der Waals surface area contributed by atoms with Crippen molar-refractivity contribution in [2.45, 2.75) is 77.0 Å². The van der Waals surface area contributed by atoms with Gasteiger partial charge in [0.25, 0.3) is 0 Å². The number of aromatic nitrogens is 4. The molecule has 12 nitrogen and oxygen atoms in total. The fourth-order valence-corrected chi connectivity index (χ4v) is 6.16. The Labute approximate surface area is 285 Å². The molecule has 14 heteroatoms. The van der Waals surface area contributed by atoms with Gasteiger partial charge in [0.2, 0.25) is 6.54 Å². The summed E-state index contributed by atoms with van der Waals surface area (Å²) in [5.41, 5.74) is 9.97. The van der Waals surface area contributed by atoms with Crippen molar-refractivity contribution in [1.29, 1.82) is 0 Å². The van der Waals surface area contributed by atoms with E-state index in [4.69, 9.17) is 15.2 Å². The smallest absolute Gasteiger partial charge is 0.233 e. The van der Waals surface area contributed by atoms with Crippen LogP contribution in [0.4, 0.5) is 0 Å². The Hall–Kier alpha value is -3.51. The lowest BCUT2D eigenvalue weighted by molar-refractivity contribution is -0.491. The molecule has 0 fully saturated rings. The highest BCUT2D eigenvalue weighted by Gasteiger charge is 2.20. The molecule has 0 aliphatic rings. The second-order valence-corrected chi connectivity index (χ2v) is 25.4. The number of hydrogen-bond acceptors (Lipinski definition) is 9. The number of nitrogens with two attached hydrogens (primary N) is 1. The number of aliphatic hydroxyl groups is 2. The first-order valence-corrected chi connectivity index (χ1v) is 23.6. The summed E-state index contributed by atoms with van der Waals surface area (Å²) < 4.78 is 15.2. The molecule has 0 radical (unpaired) electrons. The summed E-state index contributed by atoms with van der Waals surface area (Å²) in [4.78, 5) is 18.9. The third-order valence-electron chi connectivity index (χ3n) is 7.48. The molecule has 0 saturated carbocycles. The Morgan fingerprint density at radius 2 is 1.19 bits per heavy atom.